The molecule has 0 bridgehead atoms. The molecule has 0 aliphatic heterocycles. The summed E-state index contributed by atoms with van der Waals surface area (Å²) in [5.74, 6) is -1.70. The van der Waals surface area contributed by atoms with Crippen molar-refractivity contribution in [1.29, 1.82) is 0 Å². The number of carbonyl (C=O) groups is 1. The van der Waals surface area contributed by atoms with Crippen LogP contribution in [0.3, 0.4) is 0 Å². The zero-order valence-electron chi connectivity index (χ0n) is 8.55. The van der Waals surface area contributed by atoms with Crippen molar-refractivity contribution in [2.45, 2.75) is 25.6 Å². The molecule has 1 aromatic carbocycles. The van der Waals surface area contributed by atoms with E-state index in [9.17, 15) is 18.0 Å². The van der Waals surface area contributed by atoms with E-state index in [2.05, 4.69) is 0 Å². The van der Waals surface area contributed by atoms with Gasteiger partial charge in [0.2, 0.25) is 5.78 Å². The van der Waals surface area contributed by atoms with Gasteiger partial charge in [0.25, 0.3) is 0 Å². The summed E-state index contributed by atoms with van der Waals surface area (Å²) in [5.41, 5.74) is 6.91. The number of ketones is 1. The van der Waals surface area contributed by atoms with Crippen LogP contribution in [0.5, 0.6) is 0 Å². The summed E-state index contributed by atoms with van der Waals surface area (Å²) in [6, 6.07) is 6.91. The molecule has 0 heterocycles. The standard InChI is InChI=1S/C11H12F3NO/c12-11(13,14)10(16)6-5-8-3-1-2-4-9(8)7-15/h1-4H,5-7,15H2. The molecule has 2 nitrogen and oxygen atoms in total. The van der Waals surface area contributed by atoms with Gasteiger partial charge in [0, 0.05) is 13.0 Å². The molecule has 0 unspecified atom stereocenters. The van der Waals surface area contributed by atoms with Crippen molar-refractivity contribution in [3.05, 3.63) is 35.4 Å². The lowest BCUT2D eigenvalue weighted by Crippen LogP contribution is -2.23. The summed E-state index contributed by atoms with van der Waals surface area (Å²) in [4.78, 5) is 10.7. The lowest BCUT2D eigenvalue weighted by atomic mass is 10.0. The van der Waals surface area contributed by atoms with Crippen molar-refractivity contribution in [2.24, 2.45) is 5.73 Å². The van der Waals surface area contributed by atoms with E-state index in [1.807, 2.05) is 0 Å². The minimum absolute atomic E-state index is 0.0751. The summed E-state index contributed by atoms with van der Waals surface area (Å²) < 4.78 is 35.9. The van der Waals surface area contributed by atoms with Gasteiger partial charge in [-0.1, -0.05) is 24.3 Å². The molecule has 0 spiro atoms. The van der Waals surface area contributed by atoms with Crippen molar-refractivity contribution >= 4 is 5.78 Å². The molecule has 0 saturated carbocycles. The molecule has 5 heteroatoms. The normalized spacial score (nSPS) is 11.5. The van der Waals surface area contributed by atoms with Crippen molar-refractivity contribution in [1.82, 2.24) is 0 Å². The molecule has 0 aromatic heterocycles. The van der Waals surface area contributed by atoms with E-state index < -0.39 is 18.4 Å². The molecule has 0 fully saturated rings. The van der Waals surface area contributed by atoms with Crippen LogP contribution in [0.25, 0.3) is 0 Å². The van der Waals surface area contributed by atoms with E-state index in [0.717, 1.165) is 5.56 Å². The van der Waals surface area contributed by atoms with Gasteiger partial charge in [-0.3, -0.25) is 4.79 Å². The Bertz CT molecular complexity index is 374. The molecule has 0 atom stereocenters. The predicted octanol–water partition coefficient (Wildman–Crippen LogP) is 2.21. The second-order valence-electron chi connectivity index (χ2n) is 3.39. The summed E-state index contributed by atoms with van der Waals surface area (Å²) >= 11 is 0. The van der Waals surface area contributed by atoms with Crippen molar-refractivity contribution in [3.8, 4) is 0 Å². The second-order valence-corrected chi connectivity index (χ2v) is 3.39. The first-order chi connectivity index (χ1) is 7.45. The van der Waals surface area contributed by atoms with Crippen LogP contribution < -0.4 is 5.73 Å². The van der Waals surface area contributed by atoms with E-state index in [1.54, 1.807) is 24.3 Å². The highest BCUT2D eigenvalue weighted by Crippen LogP contribution is 2.20. The van der Waals surface area contributed by atoms with Crippen LogP contribution in [-0.2, 0) is 17.8 Å². The highest BCUT2D eigenvalue weighted by Gasteiger charge is 2.37. The van der Waals surface area contributed by atoms with Gasteiger partial charge in [-0.05, 0) is 17.5 Å². The number of carbonyl (C=O) groups excluding carboxylic acids is 1. The van der Waals surface area contributed by atoms with Crippen molar-refractivity contribution < 1.29 is 18.0 Å². The minimum Gasteiger partial charge on any atom is -0.326 e. The highest BCUT2D eigenvalue weighted by atomic mass is 19.4. The average Bonchev–Trinajstić information content (AvgIpc) is 2.24. The van der Waals surface area contributed by atoms with Gasteiger partial charge in [0.05, 0.1) is 0 Å². The fourth-order valence-corrected chi connectivity index (χ4v) is 1.39. The molecular formula is C11H12F3NO. The van der Waals surface area contributed by atoms with E-state index in [0.29, 0.717) is 5.56 Å². The smallest absolute Gasteiger partial charge is 0.326 e. The third-order valence-corrected chi connectivity index (χ3v) is 2.28. The molecule has 0 amide bonds. The first-order valence-electron chi connectivity index (χ1n) is 4.82. The Morgan fingerprint density at radius 3 is 2.25 bits per heavy atom. The average molecular weight is 231 g/mol. The molecule has 0 saturated heterocycles. The van der Waals surface area contributed by atoms with E-state index in [4.69, 9.17) is 5.73 Å². The van der Waals surface area contributed by atoms with E-state index >= 15 is 0 Å². The maximum Gasteiger partial charge on any atom is 0.449 e. The highest BCUT2D eigenvalue weighted by molar-refractivity contribution is 5.84. The van der Waals surface area contributed by atoms with Crippen LogP contribution >= 0.6 is 0 Å². The lowest BCUT2D eigenvalue weighted by Gasteiger charge is -2.08. The SMILES string of the molecule is NCc1ccccc1CCC(=O)C(F)(F)F. The second kappa shape index (κ2) is 5.12. The van der Waals surface area contributed by atoms with E-state index in [-0.39, 0.29) is 13.0 Å². The van der Waals surface area contributed by atoms with Crippen molar-refractivity contribution in [3.63, 3.8) is 0 Å². The van der Waals surface area contributed by atoms with E-state index in [1.165, 1.54) is 0 Å². The molecule has 0 aliphatic carbocycles. The molecule has 1 aromatic rings. The summed E-state index contributed by atoms with van der Waals surface area (Å²) in [6.45, 7) is 0.260. The van der Waals surface area contributed by atoms with Crippen molar-refractivity contribution in [2.75, 3.05) is 0 Å². The quantitative estimate of drug-likeness (QED) is 0.863. The summed E-state index contributed by atoms with van der Waals surface area (Å²) in [6.07, 6.45) is -5.19. The van der Waals surface area contributed by atoms with Gasteiger partial charge in [0.1, 0.15) is 0 Å². The first-order valence-corrected chi connectivity index (χ1v) is 4.82. The van der Waals surface area contributed by atoms with Crippen LogP contribution in [0, 0.1) is 0 Å². The molecule has 0 radical (unpaired) electrons. The number of aryl methyl sites for hydroxylation is 1. The van der Waals surface area contributed by atoms with Gasteiger partial charge in [-0.25, -0.2) is 0 Å². The van der Waals surface area contributed by atoms with Crippen LogP contribution in [0.4, 0.5) is 13.2 Å². The van der Waals surface area contributed by atoms with Crippen LogP contribution in [0.15, 0.2) is 24.3 Å². The zero-order valence-corrected chi connectivity index (χ0v) is 8.55. The molecular weight excluding hydrogens is 219 g/mol. The number of benzene rings is 1. The van der Waals surface area contributed by atoms with Crippen LogP contribution in [-0.4, -0.2) is 12.0 Å². The predicted molar refractivity (Wildman–Crippen MR) is 53.7 cm³/mol. The number of hydrogen-bond acceptors (Lipinski definition) is 2. The molecule has 88 valence electrons. The van der Waals surface area contributed by atoms with Crippen LogP contribution in [0.2, 0.25) is 0 Å². The third-order valence-electron chi connectivity index (χ3n) is 2.28. The van der Waals surface area contributed by atoms with Gasteiger partial charge in [-0.15, -0.1) is 0 Å². The summed E-state index contributed by atoms with van der Waals surface area (Å²) in [5, 5.41) is 0. The minimum atomic E-state index is -4.74. The lowest BCUT2D eigenvalue weighted by molar-refractivity contribution is -0.171. The maximum absolute atomic E-state index is 12.0. The largest absolute Gasteiger partial charge is 0.449 e. The Labute approximate surface area is 91.3 Å². The Morgan fingerprint density at radius 1 is 1.19 bits per heavy atom. The van der Waals surface area contributed by atoms with Crippen LogP contribution in [0.1, 0.15) is 17.5 Å². The molecule has 1 rings (SSSR count). The number of hydrogen-bond donors (Lipinski definition) is 1. The fraction of sp³-hybridized carbons (Fsp3) is 0.364. The molecule has 16 heavy (non-hydrogen) atoms. The molecule has 0 aliphatic rings. The fourth-order valence-electron chi connectivity index (χ4n) is 1.39. The van der Waals surface area contributed by atoms with Gasteiger partial charge < -0.3 is 5.73 Å². The Kier molecular flexibility index (Phi) is 4.06. The number of halogens is 3. The first kappa shape index (κ1) is 12.7. The Balaban J connectivity index is 2.65. The van der Waals surface area contributed by atoms with Gasteiger partial charge in [0.15, 0.2) is 0 Å². The zero-order chi connectivity index (χ0) is 12.2. The number of rotatable bonds is 4. The maximum atomic E-state index is 12.0. The van der Waals surface area contributed by atoms with Gasteiger partial charge in [-0.2, -0.15) is 13.2 Å². The third kappa shape index (κ3) is 3.34. The molecule has 2 N–H and O–H groups in total. The topological polar surface area (TPSA) is 43.1 Å². The Morgan fingerprint density at radius 2 is 1.75 bits per heavy atom. The number of alkyl halides is 3. The summed E-state index contributed by atoms with van der Waals surface area (Å²) in [7, 11) is 0. The number of Topliss-reactive ketones (excluding diaryl/α,β-unsaturated/α-hetero) is 1. The number of nitrogens with two attached hydrogens (primary N) is 1. The van der Waals surface area contributed by atoms with Gasteiger partial charge >= 0.3 is 6.18 Å². The Hall–Kier alpha value is -1.36. The monoisotopic (exact) mass is 231 g/mol.